The van der Waals surface area contributed by atoms with Crippen LogP contribution in [0.2, 0.25) is 0 Å². The fourth-order valence-electron chi connectivity index (χ4n) is 1.10. The van der Waals surface area contributed by atoms with E-state index in [0.29, 0.717) is 5.56 Å². The van der Waals surface area contributed by atoms with Gasteiger partial charge in [0.05, 0.1) is 0 Å². The van der Waals surface area contributed by atoms with Gasteiger partial charge in [0.15, 0.2) is 6.61 Å². The predicted octanol–water partition coefficient (Wildman–Crippen LogP) is 2.38. The van der Waals surface area contributed by atoms with Crippen molar-refractivity contribution in [3.8, 4) is 0 Å². The van der Waals surface area contributed by atoms with Crippen molar-refractivity contribution >= 4 is 17.0 Å². The van der Waals surface area contributed by atoms with Crippen molar-refractivity contribution in [2.45, 2.75) is 6.04 Å². The summed E-state index contributed by atoms with van der Waals surface area (Å²) >= 11 is 4.93. The van der Waals surface area contributed by atoms with Crippen LogP contribution in [0.15, 0.2) is 30.3 Å². The highest BCUT2D eigenvalue weighted by atomic mass is 35.5. The molecule has 0 aromatic heterocycles. The van der Waals surface area contributed by atoms with Gasteiger partial charge in [0.25, 0.3) is 6.04 Å². The molecule has 0 aliphatic carbocycles. The summed E-state index contributed by atoms with van der Waals surface area (Å²) in [5.41, 5.74) is -0.571. The van der Waals surface area contributed by atoms with E-state index in [1.54, 1.807) is 30.3 Å². The second-order valence-electron chi connectivity index (χ2n) is 2.76. The van der Waals surface area contributed by atoms with Crippen molar-refractivity contribution in [2.24, 2.45) is 0 Å². The minimum absolute atomic E-state index is 0.362. The summed E-state index contributed by atoms with van der Waals surface area (Å²) in [5.74, 6) is 0. The lowest BCUT2D eigenvalue weighted by atomic mass is 10.1. The highest BCUT2D eigenvalue weighted by Gasteiger charge is 2.23. The molecular weight excluding hydrogens is 222 g/mol. The molecule has 15 heavy (non-hydrogen) atoms. The van der Waals surface area contributed by atoms with Gasteiger partial charge < -0.3 is 4.74 Å². The molecular formula is C9H8ClNO4. The lowest BCUT2D eigenvalue weighted by Crippen LogP contribution is -2.17. The molecule has 80 valence electrons. The van der Waals surface area contributed by atoms with E-state index in [1.165, 1.54) is 0 Å². The van der Waals surface area contributed by atoms with E-state index in [2.05, 4.69) is 4.74 Å². The molecule has 1 rings (SSSR count). The highest BCUT2D eigenvalue weighted by Crippen LogP contribution is 2.16. The van der Waals surface area contributed by atoms with E-state index in [1.807, 2.05) is 0 Å². The Kier molecular flexibility index (Phi) is 4.05. The van der Waals surface area contributed by atoms with Gasteiger partial charge in [0, 0.05) is 22.1 Å². The van der Waals surface area contributed by atoms with Gasteiger partial charge in [-0.1, -0.05) is 30.3 Å². The number of ether oxygens (including phenoxy) is 1. The molecule has 0 aliphatic rings. The van der Waals surface area contributed by atoms with Gasteiger partial charge >= 0.3 is 5.43 Å². The van der Waals surface area contributed by atoms with E-state index in [0.717, 1.165) is 0 Å². The zero-order chi connectivity index (χ0) is 11.3. The Hall–Kier alpha value is -1.62. The SMILES string of the molecule is O=C(Cl)OCC(c1ccccc1)[N+](=O)[O-]. The molecule has 5 nitrogen and oxygen atoms in total. The quantitative estimate of drug-likeness (QED) is 0.452. The predicted molar refractivity (Wildman–Crippen MR) is 53.4 cm³/mol. The zero-order valence-corrected chi connectivity index (χ0v) is 8.39. The second-order valence-corrected chi connectivity index (χ2v) is 3.07. The molecule has 0 saturated carbocycles. The Morgan fingerprint density at radius 1 is 1.47 bits per heavy atom. The van der Waals surface area contributed by atoms with Gasteiger partial charge in [0.1, 0.15) is 0 Å². The number of carbonyl (C=O) groups excluding carboxylic acids is 1. The van der Waals surface area contributed by atoms with Crippen LogP contribution in [0, 0.1) is 10.1 Å². The third-order valence-electron chi connectivity index (χ3n) is 1.79. The summed E-state index contributed by atoms with van der Waals surface area (Å²) < 4.78 is 4.40. The van der Waals surface area contributed by atoms with Gasteiger partial charge in [-0.25, -0.2) is 4.79 Å². The van der Waals surface area contributed by atoms with Crippen LogP contribution in [0.25, 0.3) is 0 Å². The van der Waals surface area contributed by atoms with Gasteiger partial charge in [-0.3, -0.25) is 10.1 Å². The van der Waals surface area contributed by atoms with Gasteiger partial charge in [-0.2, -0.15) is 0 Å². The Morgan fingerprint density at radius 2 is 2.07 bits per heavy atom. The van der Waals surface area contributed by atoms with Crippen LogP contribution in [0.4, 0.5) is 4.79 Å². The van der Waals surface area contributed by atoms with Crippen molar-refractivity contribution in [3.63, 3.8) is 0 Å². The van der Waals surface area contributed by atoms with Crippen LogP contribution in [0.1, 0.15) is 11.6 Å². The maximum absolute atomic E-state index is 10.7. The lowest BCUT2D eigenvalue weighted by molar-refractivity contribution is -0.531. The highest BCUT2D eigenvalue weighted by molar-refractivity contribution is 6.61. The van der Waals surface area contributed by atoms with E-state index < -0.39 is 16.4 Å². The van der Waals surface area contributed by atoms with Gasteiger partial charge in [0.2, 0.25) is 0 Å². The Labute approximate surface area is 90.8 Å². The normalized spacial score (nSPS) is 11.8. The number of hydrogen-bond donors (Lipinski definition) is 0. The summed E-state index contributed by atoms with van der Waals surface area (Å²) in [6.45, 7) is -0.362. The molecule has 0 spiro atoms. The minimum Gasteiger partial charge on any atom is -0.446 e. The molecule has 0 fully saturated rings. The first-order valence-corrected chi connectivity index (χ1v) is 4.49. The molecule has 1 atom stereocenters. The Morgan fingerprint density at radius 3 is 2.53 bits per heavy atom. The monoisotopic (exact) mass is 229 g/mol. The number of nitrogens with zero attached hydrogens (tertiary/aromatic N) is 1. The minimum atomic E-state index is -1.08. The molecule has 0 heterocycles. The molecule has 1 unspecified atom stereocenters. The van der Waals surface area contributed by atoms with E-state index in [-0.39, 0.29) is 6.61 Å². The van der Waals surface area contributed by atoms with Gasteiger partial charge in [-0.15, -0.1) is 0 Å². The van der Waals surface area contributed by atoms with Crippen LogP contribution in [-0.2, 0) is 4.74 Å². The first-order valence-electron chi connectivity index (χ1n) is 4.12. The van der Waals surface area contributed by atoms with Gasteiger partial charge in [-0.05, 0) is 0 Å². The number of carbonyl (C=O) groups is 1. The van der Waals surface area contributed by atoms with Crippen molar-refractivity contribution in [3.05, 3.63) is 46.0 Å². The molecule has 1 aromatic carbocycles. The molecule has 0 aliphatic heterocycles. The summed E-state index contributed by atoms with van der Waals surface area (Å²) in [6, 6.07) is 7.20. The number of halogens is 1. The summed E-state index contributed by atoms with van der Waals surface area (Å²) in [5, 5.41) is 10.7. The fraction of sp³-hybridized carbons (Fsp3) is 0.222. The summed E-state index contributed by atoms with van der Waals surface area (Å²) in [6.07, 6.45) is 0. The molecule has 0 N–H and O–H groups in total. The number of hydrogen-bond acceptors (Lipinski definition) is 4. The first kappa shape index (κ1) is 11.5. The average Bonchev–Trinajstić information content (AvgIpc) is 2.18. The molecule has 0 bridgehead atoms. The first-order chi connectivity index (χ1) is 7.11. The van der Waals surface area contributed by atoms with Crippen LogP contribution >= 0.6 is 11.6 Å². The number of nitro groups is 1. The maximum atomic E-state index is 10.7. The molecule has 6 heteroatoms. The van der Waals surface area contributed by atoms with E-state index >= 15 is 0 Å². The molecule has 1 aromatic rings. The van der Waals surface area contributed by atoms with Crippen LogP contribution in [-0.4, -0.2) is 17.0 Å². The maximum Gasteiger partial charge on any atom is 0.404 e. The number of benzene rings is 1. The van der Waals surface area contributed by atoms with E-state index in [4.69, 9.17) is 11.6 Å². The molecule has 0 radical (unpaired) electrons. The lowest BCUT2D eigenvalue weighted by Gasteiger charge is -2.08. The largest absolute Gasteiger partial charge is 0.446 e. The smallest absolute Gasteiger partial charge is 0.404 e. The second kappa shape index (κ2) is 5.31. The van der Waals surface area contributed by atoms with Crippen molar-refractivity contribution in [1.82, 2.24) is 0 Å². The molecule has 0 amide bonds. The Bertz CT molecular complexity index is 354. The standard InChI is InChI=1S/C9H8ClNO4/c10-9(12)15-6-8(11(13)14)7-4-2-1-3-5-7/h1-5,8H,6H2. The third kappa shape index (κ3) is 3.55. The van der Waals surface area contributed by atoms with Crippen molar-refractivity contribution < 1.29 is 14.5 Å². The zero-order valence-electron chi connectivity index (χ0n) is 7.63. The van der Waals surface area contributed by atoms with Crippen LogP contribution in [0.3, 0.4) is 0 Å². The topological polar surface area (TPSA) is 69.4 Å². The number of rotatable bonds is 4. The average molecular weight is 230 g/mol. The van der Waals surface area contributed by atoms with E-state index in [9.17, 15) is 14.9 Å². The Balaban J connectivity index is 2.75. The molecule has 0 saturated heterocycles. The summed E-state index contributed by atoms with van der Waals surface area (Å²) in [4.78, 5) is 20.5. The van der Waals surface area contributed by atoms with Crippen LogP contribution < -0.4 is 0 Å². The fourth-order valence-corrected chi connectivity index (χ4v) is 1.16. The van der Waals surface area contributed by atoms with Crippen molar-refractivity contribution in [2.75, 3.05) is 6.61 Å². The third-order valence-corrected chi connectivity index (χ3v) is 1.90. The van der Waals surface area contributed by atoms with Crippen molar-refractivity contribution in [1.29, 1.82) is 0 Å². The van der Waals surface area contributed by atoms with Crippen LogP contribution in [0.5, 0.6) is 0 Å². The summed E-state index contributed by atoms with van der Waals surface area (Å²) in [7, 11) is 0.